The van der Waals surface area contributed by atoms with E-state index in [1.54, 1.807) is 9.80 Å². The second-order valence-corrected chi connectivity index (χ2v) is 9.55. The summed E-state index contributed by atoms with van der Waals surface area (Å²) in [6.45, 7) is 7.24. The van der Waals surface area contributed by atoms with E-state index in [4.69, 9.17) is 0 Å². The van der Waals surface area contributed by atoms with Crippen LogP contribution in [0.1, 0.15) is 38.7 Å². The normalized spacial score (nSPS) is 18.0. The van der Waals surface area contributed by atoms with Crippen LogP contribution in [0.2, 0.25) is 0 Å². The number of hydrogen-bond acceptors (Lipinski definition) is 4. The van der Waals surface area contributed by atoms with Crippen molar-refractivity contribution in [3.05, 3.63) is 60.2 Å². The molecule has 1 atom stereocenters. The summed E-state index contributed by atoms with van der Waals surface area (Å²) in [4.78, 5) is 44.8. The summed E-state index contributed by atoms with van der Waals surface area (Å²) < 4.78 is 0. The SMILES string of the molecule is CC[C@@H](C)NC(=O)CN1CN(c2ccccc2)C2(CCN(C(=O)Nc3ccccc3C)CC2)C1=O. The van der Waals surface area contributed by atoms with Crippen molar-refractivity contribution in [2.24, 2.45) is 0 Å². The highest BCUT2D eigenvalue weighted by Crippen LogP contribution is 2.39. The zero-order valence-corrected chi connectivity index (χ0v) is 20.8. The van der Waals surface area contributed by atoms with Gasteiger partial charge in [-0.1, -0.05) is 43.3 Å². The lowest BCUT2D eigenvalue weighted by molar-refractivity contribution is -0.137. The Kier molecular flexibility index (Phi) is 7.28. The van der Waals surface area contributed by atoms with Crippen LogP contribution in [0, 0.1) is 6.92 Å². The van der Waals surface area contributed by atoms with Crippen LogP contribution in [0.3, 0.4) is 0 Å². The first kappa shape index (κ1) is 24.6. The van der Waals surface area contributed by atoms with Gasteiger partial charge in [0.15, 0.2) is 0 Å². The third kappa shape index (κ3) is 5.11. The molecule has 1 spiro atoms. The first-order valence-corrected chi connectivity index (χ1v) is 12.4. The van der Waals surface area contributed by atoms with E-state index in [1.165, 1.54) is 0 Å². The number of aryl methyl sites for hydroxylation is 1. The molecule has 0 aromatic heterocycles. The Morgan fingerprint density at radius 3 is 2.34 bits per heavy atom. The summed E-state index contributed by atoms with van der Waals surface area (Å²) in [5.74, 6) is -0.188. The fraction of sp³-hybridized carbons (Fsp3) is 0.444. The number of piperidine rings is 1. The lowest BCUT2D eigenvalue weighted by Gasteiger charge is -2.43. The molecule has 35 heavy (non-hydrogen) atoms. The number of benzene rings is 2. The third-order valence-corrected chi connectivity index (χ3v) is 7.20. The zero-order valence-electron chi connectivity index (χ0n) is 20.8. The van der Waals surface area contributed by atoms with Crippen LogP contribution < -0.4 is 15.5 Å². The molecule has 2 fully saturated rings. The second kappa shape index (κ2) is 10.4. The van der Waals surface area contributed by atoms with Crippen molar-refractivity contribution in [1.82, 2.24) is 15.1 Å². The molecular formula is C27H35N5O3. The summed E-state index contributed by atoms with van der Waals surface area (Å²) >= 11 is 0. The molecule has 2 aliphatic heterocycles. The summed E-state index contributed by atoms with van der Waals surface area (Å²) in [5.41, 5.74) is 1.97. The van der Waals surface area contributed by atoms with Crippen LogP contribution in [0.5, 0.6) is 0 Å². The number of urea groups is 1. The predicted octanol–water partition coefficient (Wildman–Crippen LogP) is 3.58. The lowest BCUT2D eigenvalue weighted by atomic mass is 9.85. The van der Waals surface area contributed by atoms with Crippen molar-refractivity contribution in [2.45, 2.75) is 51.6 Å². The molecule has 0 saturated carbocycles. The van der Waals surface area contributed by atoms with Crippen LogP contribution >= 0.6 is 0 Å². The van der Waals surface area contributed by atoms with E-state index < -0.39 is 5.54 Å². The van der Waals surface area contributed by atoms with Crippen LogP contribution in [-0.2, 0) is 9.59 Å². The van der Waals surface area contributed by atoms with Gasteiger partial charge >= 0.3 is 6.03 Å². The topological polar surface area (TPSA) is 85.0 Å². The van der Waals surface area contributed by atoms with Gasteiger partial charge in [0, 0.05) is 30.5 Å². The molecule has 8 heteroatoms. The molecule has 0 aliphatic carbocycles. The van der Waals surface area contributed by atoms with E-state index >= 15 is 0 Å². The van der Waals surface area contributed by atoms with Crippen molar-refractivity contribution in [2.75, 3.05) is 36.5 Å². The van der Waals surface area contributed by atoms with E-state index in [-0.39, 0.29) is 30.4 Å². The zero-order chi connectivity index (χ0) is 25.0. The third-order valence-electron chi connectivity index (χ3n) is 7.20. The van der Waals surface area contributed by atoms with Crippen LogP contribution in [0.4, 0.5) is 16.2 Å². The monoisotopic (exact) mass is 477 g/mol. The Morgan fingerprint density at radius 2 is 1.69 bits per heavy atom. The predicted molar refractivity (Wildman–Crippen MR) is 137 cm³/mol. The van der Waals surface area contributed by atoms with Crippen molar-refractivity contribution in [3.63, 3.8) is 0 Å². The molecule has 2 aromatic rings. The van der Waals surface area contributed by atoms with Gasteiger partial charge in [-0.2, -0.15) is 0 Å². The van der Waals surface area contributed by atoms with E-state index in [1.807, 2.05) is 75.4 Å². The average Bonchev–Trinajstić information content (AvgIpc) is 3.12. The number of nitrogens with one attached hydrogen (secondary N) is 2. The number of para-hydroxylation sites is 2. The Labute approximate surface area is 207 Å². The number of carbonyl (C=O) groups excluding carboxylic acids is 3. The van der Waals surface area contributed by atoms with Gasteiger partial charge in [-0.3, -0.25) is 9.59 Å². The Bertz CT molecular complexity index is 1070. The van der Waals surface area contributed by atoms with Crippen LogP contribution in [0.15, 0.2) is 54.6 Å². The number of likely N-dealkylation sites (tertiary alicyclic amines) is 1. The van der Waals surface area contributed by atoms with Crippen molar-refractivity contribution in [1.29, 1.82) is 0 Å². The van der Waals surface area contributed by atoms with Crippen molar-refractivity contribution >= 4 is 29.2 Å². The summed E-state index contributed by atoms with van der Waals surface area (Å²) in [5, 5.41) is 5.96. The summed E-state index contributed by atoms with van der Waals surface area (Å²) in [6.07, 6.45) is 1.84. The number of amides is 4. The summed E-state index contributed by atoms with van der Waals surface area (Å²) in [6, 6.07) is 17.4. The quantitative estimate of drug-likeness (QED) is 0.666. The fourth-order valence-electron chi connectivity index (χ4n) is 4.91. The largest absolute Gasteiger partial charge is 0.352 e. The molecule has 0 bridgehead atoms. The molecule has 0 unspecified atom stereocenters. The molecule has 4 rings (SSSR count). The number of anilines is 2. The van der Waals surface area contributed by atoms with E-state index in [0.29, 0.717) is 32.6 Å². The van der Waals surface area contributed by atoms with Crippen LogP contribution in [-0.4, -0.2) is 65.5 Å². The fourth-order valence-corrected chi connectivity index (χ4v) is 4.91. The average molecular weight is 478 g/mol. The summed E-state index contributed by atoms with van der Waals surface area (Å²) in [7, 11) is 0. The van der Waals surface area contributed by atoms with Gasteiger partial charge in [-0.15, -0.1) is 0 Å². The van der Waals surface area contributed by atoms with Gasteiger partial charge in [0.05, 0.1) is 6.67 Å². The molecule has 2 aliphatic rings. The number of nitrogens with zero attached hydrogens (tertiary/aromatic N) is 3. The van der Waals surface area contributed by atoms with Gasteiger partial charge in [0.1, 0.15) is 12.1 Å². The van der Waals surface area contributed by atoms with Gasteiger partial charge in [0.2, 0.25) is 5.91 Å². The standard InChI is InChI=1S/C27H35N5O3/c1-4-21(3)28-24(33)18-31-19-32(22-11-6-5-7-12-22)27(25(31)34)14-16-30(17-15-27)26(35)29-23-13-9-8-10-20(23)2/h5-13,21H,4,14-19H2,1-3H3,(H,28,33)(H,29,35)/t21-/m1/s1. The maximum Gasteiger partial charge on any atom is 0.321 e. The minimum Gasteiger partial charge on any atom is -0.352 e. The van der Waals surface area contributed by atoms with Gasteiger partial charge in [-0.25, -0.2) is 4.79 Å². The molecule has 2 N–H and O–H groups in total. The molecule has 186 valence electrons. The minimum atomic E-state index is -0.766. The van der Waals surface area contributed by atoms with E-state index in [2.05, 4.69) is 15.5 Å². The molecule has 2 aromatic carbocycles. The second-order valence-electron chi connectivity index (χ2n) is 9.55. The number of rotatable bonds is 6. The molecular weight excluding hydrogens is 442 g/mol. The highest BCUT2D eigenvalue weighted by molar-refractivity contribution is 5.97. The first-order chi connectivity index (χ1) is 16.8. The van der Waals surface area contributed by atoms with Gasteiger partial charge in [-0.05, 0) is 56.9 Å². The van der Waals surface area contributed by atoms with Gasteiger partial charge in [0.25, 0.3) is 5.91 Å². The molecule has 2 saturated heterocycles. The number of hydrogen-bond donors (Lipinski definition) is 2. The van der Waals surface area contributed by atoms with Crippen molar-refractivity contribution < 1.29 is 14.4 Å². The van der Waals surface area contributed by atoms with Crippen LogP contribution in [0.25, 0.3) is 0 Å². The first-order valence-electron chi connectivity index (χ1n) is 12.4. The smallest absolute Gasteiger partial charge is 0.321 e. The Balaban J connectivity index is 1.49. The van der Waals surface area contributed by atoms with E-state index in [9.17, 15) is 14.4 Å². The molecule has 4 amide bonds. The maximum absolute atomic E-state index is 13.8. The molecule has 0 radical (unpaired) electrons. The highest BCUT2D eigenvalue weighted by atomic mass is 16.2. The highest BCUT2D eigenvalue weighted by Gasteiger charge is 2.54. The Morgan fingerprint density at radius 1 is 1.03 bits per heavy atom. The van der Waals surface area contributed by atoms with Crippen molar-refractivity contribution in [3.8, 4) is 0 Å². The van der Waals surface area contributed by atoms with Gasteiger partial charge < -0.3 is 25.3 Å². The number of carbonyl (C=O) groups is 3. The minimum absolute atomic E-state index is 0.0335. The molecule has 2 heterocycles. The Hall–Kier alpha value is -3.55. The lowest BCUT2D eigenvalue weighted by Crippen LogP contribution is -2.58. The van der Waals surface area contributed by atoms with E-state index in [0.717, 1.165) is 23.4 Å². The maximum atomic E-state index is 13.8. The molecule has 8 nitrogen and oxygen atoms in total.